The second-order valence-electron chi connectivity index (χ2n) is 10.5. The second-order valence-corrected chi connectivity index (χ2v) is 10.5. The van der Waals surface area contributed by atoms with E-state index >= 15 is 0 Å². The van der Waals surface area contributed by atoms with E-state index in [9.17, 15) is 28.8 Å². The zero-order chi connectivity index (χ0) is 28.9. The molecule has 0 N–H and O–H groups in total. The fourth-order valence-electron chi connectivity index (χ4n) is 2.28. The molecule has 0 saturated heterocycles. The van der Waals surface area contributed by atoms with E-state index in [1.54, 1.807) is 13.8 Å². The Morgan fingerprint density at radius 2 is 1.25 bits per heavy atom. The van der Waals surface area contributed by atoms with Crippen LogP contribution in [0.5, 0.6) is 0 Å². The molecule has 0 aromatic rings. The fourth-order valence-corrected chi connectivity index (χ4v) is 2.28. The summed E-state index contributed by atoms with van der Waals surface area (Å²) in [5.41, 5.74) is 0.0694. The zero-order valence-corrected chi connectivity index (χ0v) is 24.9. The van der Waals surface area contributed by atoms with Gasteiger partial charge < -0.3 is 4.79 Å². The third kappa shape index (κ3) is 28.3. The summed E-state index contributed by atoms with van der Waals surface area (Å²) in [4.78, 5) is 60.9. The van der Waals surface area contributed by atoms with Gasteiger partial charge in [0.25, 0.3) is 0 Å². The van der Waals surface area contributed by atoms with Crippen LogP contribution in [-0.2, 0) is 28.8 Å². The minimum Gasteiger partial charge on any atom is -0.300 e. The lowest BCUT2D eigenvalue weighted by atomic mass is 10.1. The average molecular weight is 511 g/mol. The van der Waals surface area contributed by atoms with Gasteiger partial charge in [-0.1, -0.05) is 55.4 Å². The minimum absolute atomic E-state index is 0.0694. The summed E-state index contributed by atoms with van der Waals surface area (Å²) in [6.45, 7) is 18.7. The van der Waals surface area contributed by atoms with E-state index in [0.717, 1.165) is 57.8 Å². The van der Waals surface area contributed by atoms with Crippen molar-refractivity contribution in [2.24, 2.45) is 17.3 Å². The molecule has 3 fully saturated rings. The quantitative estimate of drug-likeness (QED) is 0.378. The molecular weight excluding hydrogens is 456 g/mol. The molecule has 3 aliphatic carbocycles. The topological polar surface area (TPSA) is 102 Å². The third-order valence-corrected chi connectivity index (χ3v) is 5.83. The molecule has 1 unspecified atom stereocenters. The van der Waals surface area contributed by atoms with Crippen LogP contribution in [0.3, 0.4) is 0 Å². The maximum Gasteiger partial charge on any atom is 0.139 e. The van der Waals surface area contributed by atoms with Crippen molar-refractivity contribution < 1.29 is 28.8 Å². The summed E-state index contributed by atoms with van der Waals surface area (Å²) < 4.78 is 0. The van der Waals surface area contributed by atoms with Crippen LogP contribution in [0.15, 0.2) is 0 Å². The smallest absolute Gasteiger partial charge is 0.139 e. The number of carbonyl (C=O) groups excluding carboxylic acids is 6. The van der Waals surface area contributed by atoms with Crippen LogP contribution in [0, 0.1) is 17.3 Å². The van der Waals surface area contributed by atoms with E-state index in [1.807, 2.05) is 48.5 Å². The van der Waals surface area contributed by atoms with Crippen molar-refractivity contribution in [1.82, 2.24) is 0 Å². The number of hydrogen-bond donors (Lipinski definition) is 0. The predicted octanol–water partition coefficient (Wildman–Crippen LogP) is 7.08. The highest BCUT2D eigenvalue weighted by molar-refractivity contribution is 5.99. The first-order valence-electron chi connectivity index (χ1n) is 13.7. The number of ketones is 6. The Hall–Kier alpha value is -1.98. The molecule has 0 spiro atoms. The van der Waals surface area contributed by atoms with Crippen LogP contribution in [-0.4, -0.2) is 34.7 Å². The van der Waals surface area contributed by atoms with E-state index in [2.05, 4.69) is 6.92 Å². The molecule has 3 rings (SSSR count). The highest BCUT2D eigenvalue weighted by Gasteiger charge is 2.43. The van der Waals surface area contributed by atoms with Gasteiger partial charge >= 0.3 is 0 Å². The molecule has 0 aliphatic heterocycles. The first-order valence-corrected chi connectivity index (χ1v) is 13.7. The van der Waals surface area contributed by atoms with Gasteiger partial charge in [-0.25, -0.2) is 0 Å². The molecule has 3 aliphatic rings. The molecule has 0 aromatic heterocycles. The maximum atomic E-state index is 10.2. The number of Topliss-reactive ketones (excluding diaryl/α,β-unsaturated/α-hetero) is 6. The zero-order valence-electron chi connectivity index (χ0n) is 24.9. The summed E-state index contributed by atoms with van der Waals surface area (Å²) in [5.74, 6) is 2.88. The lowest BCUT2D eigenvalue weighted by molar-refractivity contribution is -0.120. The molecule has 0 bridgehead atoms. The number of hydrogen-bond acceptors (Lipinski definition) is 6. The van der Waals surface area contributed by atoms with Gasteiger partial charge in [-0.15, -0.1) is 0 Å². The van der Waals surface area contributed by atoms with Crippen molar-refractivity contribution in [1.29, 1.82) is 0 Å². The van der Waals surface area contributed by atoms with Gasteiger partial charge in [0.15, 0.2) is 0 Å². The maximum absolute atomic E-state index is 10.2. The van der Waals surface area contributed by atoms with Crippen molar-refractivity contribution in [3.63, 3.8) is 0 Å². The monoisotopic (exact) mass is 510 g/mol. The Morgan fingerprint density at radius 1 is 0.889 bits per heavy atom. The van der Waals surface area contributed by atoms with Crippen LogP contribution in [0.2, 0.25) is 0 Å². The van der Waals surface area contributed by atoms with Crippen LogP contribution in [0.1, 0.15) is 140 Å². The highest BCUT2D eigenvalue weighted by atomic mass is 16.1. The predicted molar refractivity (Wildman–Crippen MR) is 147 cm³/mol. The SMILES string of the molecule is CC(=O)C(C)C.CC1(C)CC1=O.CCC(=O)CC.CCC1CC1=O.CCCC(C)=O.O=C1CCCC1. The summed E-state index contributed by atoms with van der Waals surface area (Å²) in [6, 6.07) is 0. The van der Waals surface area contributed by atoms with E-state index in [1.165, 1.54) is 0 Å². The molecule has 0 amide bonds. The first kappa shape index (κ1) is 38.5. The second kappa shape index (κ2) is 22.2. The van der Waals surface area contributed by atoms with Gasteiger partial charge in [0.05, 0.1) is 0 Å². The summed E-state index contributed by atoms with van der Waals surface area (Å²) >= 11 is 0. The Bertz CT molecular complexity index is 658. The van der Waals surface area contributed by atoms with E-state index in [4.69, 9.17) is 0 Å². The van der Waals surface area contributed by atoms with Crippen LogP contribution in [0.4, 0.5) is 0 Å². The first-order chi connectivity index (χ1) is 16.6. The van der Waals surface area contributed by atoms with E-state index in [0.29, 0.717) is 41.9 Å². The summed E-state index contributed by atoms with van der Waals surface area (Å²) in [6.07, 6.45) is 9.78. The molecule has 210 valence electrons. The van der Waals surface area contributed by atoms with Gasteiger partial charge in [0, 0.05) is 62.2 Å². The van der Waals surface area contributed by atoms with Crippen LogP contribution >= 0.6 is 0 Å². The largest absolute Gasteiger partial charge is 0.300 e. The Kier molecular flexibility index (Phi) is 23.8. The van der Waals surface area contributed by atoms with Gasteiger partial charge in [-0.3, -0.25) is 24.0 Å². The number of rotatable bonds is 6. The summed E-state index contributed by atoms with van der Waals surface area (Å²) in [7, 11) is 0. The Morgan fingerprint density at radius 3 is 1.28 bits per heavy atom. The minimum atomic E-state index is 0.0694. The van der Waals surface area contributed by atoms with Gasteiger partial charge in [0.1, 0.15) is 34.7 Å². The van der Waals surface area contributed by atoms with E-state index < -0.39 is 0 Å². The van der Waals surface area contributed by atoms with Crippen LogP contribution in [0.25, 0.3) is 0 Å². The Labute approximate surface area is 220 Å². The average Bonchev–Trinajstić information content (AvgIpc) is 3.57. The van der Waals surface area contributed by atoms with Crippen LogP contribution < -0.4 is 0 Å². The number of carbonyl (C=O) groups is 6. The summed E-state index contributed by atoms with van der Waals surface area (Å²) in [5, 5.41) is 0. The molecule has 0 heterocycles. The molecule has 6 nitrogen and oxygen atoms in total. The molecule has 36 heavy (non-hydrogen) atoms. The van der Waals surface area contributed by atoms with Crippen molar-refractivity contribution in [2.75, 3.05) is 0 Å². The molecule has 1 atom stereocenters. The fraction of sp³-hybridized carbons (Fsp3) is 0.800. The molecule has 0 radical (unpaired) electrons. The standard InChI is InChI=1S/3C5H8O.3C5H10O/c1-5(2)3-4(5)6;1-2-4-3-5(4)6;6-5-3-1-2-4-5;1-4(2)5(3)6;1-3-4-5(2)6;1-3-5(6)4-2/h3H2,1-2H3;4H,2-3H2,1H3;1-4H2;4H,1-3H3;2*3-4H2,1-2H3. The van der Waals surface area contributed by atoms with Crippen molar-refractivity contribution in [3.8, 4) is 0 Å². The van der Waals surface area contributed by atoms with Crippen molar-refractivity contribution in [3.05, 3.63) is 0 Å². The Balaban J connectivity index is -0.000000363. The molecule has 3 saturated carbocycles. The van der Waals surface area contributed by atoms with Gasteiger partial charge in [0.2, 0.25) is 0 Å². The molecule has 0 aromatic carbocycles. The molecular formula is C30H54O6. The normalized spacial score (nSPS) is 17.8. The third-order valence-electron chi connectivity index (χ3n) is 5.83. The molecule has 6 heteroatoms. The lowest BCUT2D eigenvalue weighted by Crippen LogP contribution is -1.98. The van der Waals surface area contributed by atoms with Crippen molar-refractivity contribution >= 4 is 34.7 Å². The highest BCUT2D eigenvalue weighted by Crippen LogP contribution is 2.38. The van der Waals surface area contributed by atoms with Crippen molar-refractivity contribution in [2.45, 2.75) is 140 Å². The lowest BCUT2D eigenvalue weighted by Gasteiger charge is -1.90. The van der Waals surface area contributed by atoms with Gasteiger partial charge in [-0.2, -0.15) is 0 Å². The van der Waals surface area contributed by atoms with Gasteiger partial charge in [-0.05, 0) is 39.5 Å². The van der Waals surface area contributed by atoms with E-state index in [-0.39, 0.29) is 22.9 Å².